The zero-order chi connectivity index (χ0) is 25.0. The number of hydroxylamine groups is 1. The summed E-state index contributed by atoms with van der Waals surface area (Å²) in [5, 5.41) is 3.20. The van der Waals surface area contributed by atoms with Crippen molar-refractivity contribution in [1.29, 1.82) is 0 Å². The van der Waals surface area contributed by atoms with Crippen LogP contribution in [0.4, 0.5) is 4.79 Å². The first kappa shape index (κ1) is 27.8. The molecule has 2 amide bonds. The SMILES string of the molecule is CCCCCC[C@H](CC(=O)NOCc1ccccc1)C(=O)[C@@H]1CNCCN1C(=O)OC(C)(C)C. The average molecular weight is 476 g/mol. The molecule has 0 bridgehead atoms. The Kier molecular flexibility index (Phi) is 11.5. The molecule has 0 spiro atoms. The van der Waals surface area contributed by atoms with Crippen molar-refractivity contribution >= 4 is 17.8 Å². The van der Waals surface area contributed by atoms with Gasteiger partial charge in [0, 0.05) is 32.0 Å². The molecule has 2 rings (SSSR count). The number of benzene rings is 1. The van der Waals surface area contributed by atoms with Gasteiger partial charge in [-0.2, -0.15) is 0 Å². The Labute approximate surface area is 203 Å². The molecule has 34 heavy (non-hydrogen) atoms. The molecule has 190 valence electrons. The van der Waals surface area contributed by atoms with E-state index >= 15 is 0 Å². The minimum absolute atomic E-state index is 0.0262. The van der Waals surface area contributed by atoms with Gasteiger partial charge in [-0.05, 0) is 32.8 Å². The molecule has 1 aliphatic rings. The Morgan fingerprint density at radius 1 is 1.15 bits per heavy atom. The largest absolute Gasteiger partial charge is 0.444 e. The van der Waals surface area contributed by atoms with Crippen LogP contribution in [-0.4, -0.2) is 54.0 Å². The lowest BCUT2D eigenvalue weighted by molar-refractivity contribution is -0.139. The number of ketones is 1. The molecule has 0 radical (unpaired) electrons. The highest BCUT2D eigenvalue weighted by Crippen LogP contribution is 2.22. The van der Waals surface area contributed by atoms with Crippen LogP contribution >= 0.6 is 0 Å². The Bertz CT molecular complexity index is 778. The Morgan fingerprint density at radius 3 is 2.56 bits per heavy atom. The lowest BCUT2D eigenvalue weighted by atomic mass is 9.88. The Hall–Kier alpha value is -2.45. The van der Waals surface area contributed by atoms with E-state index < -0.39 is 23.7 Å². The maximum Gasteiger partial charge on any atom is 0.410 e. The third-order valence-electron chi connectivity index (χ3n) is 5.71. The molecule has 0 aliphatic carbocycles. The summed E-state index contributed by atoms with van der Waals surface area (Å²) in [7, 11) is 0. The average Bonchev–Trinajstić information content (AvgIpc) is 2.80. The van der Waals surface area contributed by atoms with E-state index in [-0.39, 0.29) is 24.7 Å². The molecule has 8 nitrogen and oxygen atoms in total. The molecule has 1 heterocycles. The predicted molar refractivity (Wildman–Crippen MR) is 131 cm³/mol. The molecule has 0 unspecified atom stereocenters. The van der Waals surface area contributed by atoms with Gasteiger partial charge in [0.1, 0.15) is 11.6 Å². The summed E-state index contributed by atoms with van der Waals surface area (Å²) in [6.45, 7) is 9.14. The number of ether oxygens (including phenoxy) is 1. The zero-order valence-corrected chi connectivity index (χ0v) is 21.1. The second-order valence-electron chi connectivity index (χ2n) is 9.85. The lowest BCUT2D eigenvalue weighted by Gasteiger charge is -2.37. The van der Waals surface area contributed by atoms with E-state index in [9.17, 15) is 14.4 Å². The van der Waals surface area contributed by atoms with Gasteiger partial charge in [0.05, 0.1) is 6.61 Å². The van der Waals surface area contributed by atoms with Gasteiger partial charge >= 0.3 is 6.09 Å². The number of nitrogens with one attached hydrogen (secondary N) is 2. The minimum atomic E-state index is -0.655. The number of carbonyl (C=O) groups excluding carboxylic acids is 3. The van der Waals surface area contributed by atoms with Gasteiger partial charge < -0.3 is 10.1 Å². The van der Waals surface area contributed by atoms with Crippen molar-refractivity contribution in [1.82, 2.24) is 15.7 Å². The third-order valence-corrected chi connectivity index (χ3v) is 5.71. The first-order chi connectivity index (χ1) is 16.2. The highest BCUT2D eigenvalue weighted by atomic mass is 16.6. The predicted octanol–water partition coefficient (Wildman–Crippen LogP) is 3.99. The molecule has 0 aromatic heterocycles. The van der Waals surface area contributed by atoms with E-state index in [4.69, 9.17) is 9.57 Å². The van der Waals surface area contributed by atoms with E-state index in [1.54, 1.807) is 20.8 Å². The Morgan fingerprint density at radius 2 is 1.88 bits per heavy atom. The number of piperazine rings is 1. The van der Waals surface area contributed by atoms with Crippen LogP contribution in [0, 0.1) is 5.92 Å². The van der Waals surface area contributed by atoms with Crippen molar-refractivity contribution in [2.45, 2.75) is 84.5 Å². The molecular formula is C26H41N3O5. The number of nitrogens with zero attached hydrogens (tertiary/aromatic N) is 1. The van der Waals surface area contributed by atoms with Gasteiger partial charge in [-0.25, -0.2) is 10.3 Å². The van der Waals surface area contributed by atoms with Crippen molar-refractivity contribution in [2.75, 3.05) is 19.6 Å². The quantitative estimate of drug-likeness (QED) is 0.350. The van der Waals surface area contributed by atoms with E-state index in [0.717, 1.165) is 31.2 Å². The summed E-state index contributed by atoms with van der Waals surface area (Å²) in [5.74, 6) is -0.933. The van der Waals surface area contributed by atoms with Crippen LogP contribution in [0.25, 0.3) is 0 Å². The molecule has 2 N–H and O–H groups in total. The first-order valence-electron chi connectivity index (χ1n) is 12.4. The summed E-state index contributed by atoms with van der Waals surface area (Å²) >= 11 is 0. The second-order valence-corrected chi connectivity index (χ2v) is 9.85. The highest BCUT2D eigenvalue weighted by molar-refractivity contribution is 5.92. The number of Topliss-reactive ketones (excluding diaryl/α,β-unsaturated/α-hetero) is 1. The lowest BCUT2D eigenvalue weighted by Crippen LogP contribution is -2.59. The fourth-order valence-corrected chi connectivity index (χ4v) is 3.97. The fourth-order valence-electron chi connectivity index (χ4n) is 3.97. The van der Waals surface area contributed by atoms with Crippen molar-refractivity contribution in [3.63, 3.8) is 0 Å². The Balaban J connectivity index is 2.02. The summed E-state index contributed by atoms with van der Waals surface area (Å²) < 4.78 is 5.53. The number of hydrogen-bond donors (Lipinski definition) is 2. The number of unbranched alkanes of at least 4 members (excludes halogenated alkanes) is 3. The zero-order valence-electron chi connectivity index (χ0n) is 21.1. The number of amides is 2. The van der Waals surface area contributed by atoms with Crippen LogP contribution in [-0.2, 0) is 25.8 Å². The van der Waals surface area contributed by atoms with Gasteiger partial charge in [-0.1, -0.05) is 62.9 Å². The van der Waals surface area contributed by atoms with Gasteiger partial charge in [0.25, 0.3) is 0 Å². The summed E-state index contributed by atoms with van der Waals surface area (Å²) in [5.41, 5.74) is 2.77. The summed E-state index contributed by atoms with van der Waals surface area (Å²) in [6.07, 6.45) is 4.17. The van der Waals surface area contributed by atoms with E-state index in [1.165, 1.54) is 4.90 Å². The normalized spacial score (nSPS) is 17.2. The molecule has 1 saturated heterocycles. The fraction of sp³-hybridized carbons (Fsp3) is 0.654. The van der Waals surface area contributed by atoms with Crippen LogP contribution in [0.5, 0.6) is 0 Å². The molecule has 1 aliphatic heterocycles. The highest BCUT2D eigenvalue weighted by Gasteiger charge is 2.38. The monoisotopic (exact) mass is 475 g/mol. The van der Waals surface area contributed by atoms with Crippen LogP contribution in [0.1, 0.15) is 71.8 Å². The van der Waals surface area contributed by atoms with Gasteiger partial charge in [-0.3, -0.25) is 19.3 Å². The van der Waals surface area contributed by atoms with Crippen molar-refractivity contribution < 1.29 is 24.0 Å². The van der Waals surface area contributed by atoms with Crippen LogP contribution < -0.4 is 10.8 Å². The number of hydrogen-bond acceptors (Lipinski definition) is 6. The van der Waals surface area contributed by atoms with Crippen LogP contribution in [0.2, 0.25) is 0 Å². The molecular weight excluding hydrogens is 434 g/mol. The van der Waals surface area contributed by atoms with E-state index in [2.05, 4.69) is 17.7 Å². The summed E-state index contributed by atoms with van der Waals surface area (Å²) in [4.78, 5) is 45.8. The maximum atomic E-state index is 13.6. The minimum Gasteiger partial charge on any atom is -0.444 e. The molecule has 1 aromatic carbocycles. The number of carbonyl (C=O) groups is 3. The first-order valence-corrected chi connectivity index (χ1v) is 12.4. The van der Waals surface area contributed by atoms with Crippen LogP contribution in [0.3, 0.4) is 0 Å². The van der Waals surface area contributed by atoms with Crippen LogP contribution in [0.15, 0.2) is 30.3 Å². The van der Waals surface area contributed by atoms with Crippen molar-refractivity contribution in [2.24, 2.45) is 5.92 Å². The van der Waals surface area contributed by atoms with Gasteiger partial charge in [0.15, 0.2) is 5.78 Å². The van der Waals surface area contributed by atoms with Crippen molar-refractivity contribution in [3.05, 3.63) is 35.9 Å². The molecule has 0 saturated carbocycles. The molecule has 2 atom stereocenters. The maximum absolute atomic E-state index is 13.6. The van der Waals surface area contributed by atoms with Crippen molar-refractivity contribution in [3.8, 4) is 0 Å². The molecule has 1 aromatic rings. The standard InChI is InChI=1S/C26H41N3O5/c1-5-6-7-11-14-21(17-23(30)28-33-19-20-12-9-8-10-13-20)24(31)22-18-27-15-16-29(22)25(32)34-26(2,3)4/h8-10,12-13,21-22,27H,5-7,11,14-19H2,1-4H3,(H,28,30)/t21-,22+/m1/s1. The van der Waals surface area contributed by atoms with Gasteiger partial charge in [0.2, 0.25) is 5.91 Å². The van der Waals surface area contributed by atoms with Gasteiger partial charge in [-0.15, -0.1) is 0 Å². The van der Waals surface area contributed by atoms with E-state index in [0.29, 0.717) is 26.1 Å². The third kappa shape index (κ3) is 9.81. The smallest absolute Gasteiger partial charge is 0.410 e. The topological polar surface area (TPSA) is 97.0 Å². The van der Waals surface area contributed by atoms with E-state index in [1.807, 2.05) is 30.3 Å². The summed E-state index contributed by atoms with van der Waals surface area (Å²) in [6, 6.07) is 8.89. The molecule has 8 heteroatoms. The molecule has 1 fully saturated rings. The second kappa shape index (κ2) is 14.1. The number of rotatable bonds is 12.